The molecule has 2 aromatic rings. The van der Waals surface area contributed by atoms with Gasteiger partial charge < -0.3 is 11.1 Å². The van der Waals surface area contributed by atoms with Crippen molar-refractivity contribution in [1.82, 2.24) is 0 Å². The number of carbonyl (C=O) groups is 1. The Morgan fingerprint density at radius 1 is 1.29 bits per heavy atom. The largest absolute Gasteiger partial charge is 0.389 e. The molecular weight excluding hydrogens is 311 g/mol. The number of nitrogens with two attached hydrogens (primary N) is 1. The summed E-state index contributed by atoms with van der Waals surface area (Å²) in [5.41, 5.74) is 7.03. The zero-order valence-corrected chi connectivity index (χ0v) is 12.7. The van der Waals surface area contributed by atoms with Crippen LogP contribution in [0.5, 0.6) is 0 Å². The maximum atomic E-state index is 13.9. The molecule has 0 saturated heterocycles. The summed E-state index contributed by atoms with van der Waals surface area (Å²) in [6.07, 6.45) is 0. The minimum Gasteiger partial charge on any atom is -0.389 e. The molecule has 2 aromatic carbocycles. The van der Waals surface area contributed by atoms with E-state index in [2.05, 4.69) is 5.32 Å². The molecule has 3 nitrogen and oxygen atoms in total. The molecule has 0 aliphatic heterocycles. The van der Waals surface area contributed by atoms with E-state index in [1.807, 2.05) is 0 Å². The second-order valence-electron chi connectivity index (χ2n) is 4.47. The maximum Gasteiger partial charge on any atom is 0.256 e. The molecule has 0 bridgehead atoms. The summed E-state index contributed by atoms with van der Waals surface area (Å²) in [6, 6.07) is 9.03. The molecule has 6 heteroatoms. The number of nitrogens with one attached hydrogen (secondary N) is 1. The summed E-state index contributed by atoms with van der Waals surface area (Å²) in [4.78, 5) is 12.2. The summed E-state index contributed by atoms with van der Waals surface area (Å²) in [5.74, 6) is -1.01. The van der Waals surface area contributed by atoms with Crippen LogP contribution >= 0.6 is 23.8 Å². The molecule has 0 aromatic heterocycles. The second-order valence-corrected chi connectivity index (χ2v) is 5.35. The van der Waals surface area contributed by atoms with E-state index in [1.165, 1.54) is 12.1 Å². The number of hydrogen-bond acceptors (Lipinski definition) is 2. The molecule has 108 valence electrons. The number of rotatable bonds is 3. The first kappa shape index (κ1) is 15.4. The summed E-state index contributed by atoms with van der Waals surface area (Å²) in [5, 5.41) is 3.05. The number of anilines is 1. The quantitative estimate of drug-likeness (QED) is 0.848. The van der Waals surface area contributed by atoms with Crippen molar-refractivity contribution in [3.05, 3.63) is 63.9 Å². The number of halogens is 2. The lowest BCUT2D eigenvalue weighted by atomic mass is 10.1. The lowest BCUT2D eigenvalue weighted by Crippen LogP contribution is -2.15. The molecule has 0 spiro atoms. The minimum absolute atomic E-state index is 0.0642. The Morgan fingerprint density at radius 2 is 2.00 bits per heavy atom. The predicted octanol–water partition coefficient (Wildman–Crippen LogP) is 3.67. The predicted molar refractivity (Wildman–Crippen MR) is 86.4 cm³/mol. The van der Waals surface area contributed by atoms with Gasteiger partial charge in [-0.2, -0.15) is 0 Å². The highest BCUT2D eigenvalue weighted by Crippen LogP contribution is 2.19. The first-order chi connectivity index (χ1) is 9.88. The van der Waals surface area contributed by atoms with Gasteiger partial charge in [0.15, 0.2) is 0 Å². The summed E-state index contributed by atoms with van der Waals surface area (Å²) in [6.45, 7) is 1.76. The SMILES string of the molecule is Cc1cc(Cl)ccc1C(=O)Nc1ccc(C(N)=S)cc1F. The lowest BCUT2D eigenvalue weighted by Gasteiger charge is -2.09. The Hall–Kier alpha value is -1.98. The van der Waals surface area contributed by atoms with Gasteiger partial charge in [0.2, 0.25) is 0 Å². The average molecular weight is 323 g/mol. The molecule has 0 heterocycles. The van der Waals surface area contributed by atoms with Gasteiger partial charge in [0.25, 0.3) is 5.91 Å². The smallest absolute Gasteiger partial charge is 0.256 e. The first-order valence-corrected chi connectivity index (χ1v) is 6.84. The van der Waals surface area contributed by atoms with E-state index >= 15 is 0 Å². The van der Waals surface area contributed by atoms with Gasteiger partial charge >= 0.3 is 0 Å². The van der Waals surface area contributed by atoms with E-state index in [4.69, 9.17) is 29.6 Å². The first-order valence-electron chi connectivity index (χ1n) is 6.05. The molecular formula is C15H12ClFN2OS. The van der Waals surface area contributed by atoms with E-state index in [-0.39, 0.29) is 10.7 Å². The monoisotopic (exact) mass is 322 g/mol. The Labute approximate surface area is 131 Å². The van der Waals surface area contributed by atoms with Gasteiger partial charge in [0, 0.05) is 16.1 Å². The molecule has 0 unspecified atom stereocenters. The normalized spacial score (nSPS) is 10.2. The van der Waals surface area contributed by atoms with Crippen LogP contribution in [0.2, 0.25) is 5.02 Å². The van der Waals surface area contributed by atoms with Gasteiger partial charge in [-0.1, -0.05) is 23.8 Å². The number of aryl methyl sites for hydroxylation is 1. The van der Waals surface area contributed by atoms with Gasteiger partial charge in [0.05, 0.1) is 5.69 Å². The van der Waals surface area contributed by atoms with E-state index in [0.29, 0.717) is 21.7 Å². The van der Waals surface area contributed by atoms with Crippen molar-refractivity contribution in [3.63, 3.8) is 0 Å². The molecule has 0 aliphatic carbocycles. The molecule has 1 amide bonds. The third-order valence-electron chi connectivity index (χ3n) is 2.93. The van der Waals surface area contributed by atoms with E-state index < -0.39 is 11.7 Å². The van der Waals surface area contributed by atoms with Crippen molar-refractivity contribution < 1.29 is 9.18 Å². The molecule has 21 heavy (non-hydrogen) atoms. The van der Waals surface area contributed by atoms with Gasteiger partial charge in [0.1, 0.15) is 10.8 Å². The van der Waals surface area contributed by atoms with E-state index in [0.717, 1.165) is 0 Å². The van der Waals surface area contributed by atoms with Crippen molar-refractivity contribution in [1.29, 1.82) is 0 Å². The Morgan fingerprint density at radius 3 is 2.57 bits per heavy atom. The van der Waals surface area contributed by atoms with Gasteiger partial charge in [-0.25, -0.2) is 4.39 Å². The number of thiocarbonyl (C=S) groups is 1. The van der Waals surface area contributed by atoms with Crippen molar-refractivity contribution in [2.24, 2.45) is 5.73 Å². The summed E-state index contributed by atoms with van der Waals surface area (Å²) < 4.78 is 13.9. The average Bonchev–Trinajstić information content (AvgIpc) is 2.40. The number of carbonyl (C=O) groups excluding carboxylic acids is 1. The summed E-state index contributed by atoms with van der Waals surface area (Å²) >= 11 is 10.6. The fraction of sp³-hybridized carbons (Fsp3) is 0.0667. The van der Waals surface area contributed by atoms with Crippen LogP contribution in [-0.2, 0) is 0 Å². The van der Waals surface area contributed by atoms with Gasteiger partial charge in [-0.15, -0.1) is 0 Å². The van der Waals surface area contributed by atoms with Crippen molar-refractivity contribution in [2.75, 3.05) is 5.32 Å². The molecule has 0 saturated carbocycles. The van der Waals surface area contributed by atoms with Crippen LogP contribution in [-0.4, -0.2) is 10.9 Å². The molecule has 0 fully saturated rings. The standard InChI is InChI=1S/C15H12ClFN2OS/c1-8-6-10(16)3-4-11(8)15(20)19-13-5-2-9(14(18)21)7-12(13)17/h2-7H,1H3,(H2,18,21)(H,19,20). The fourth-order valence-electron chi connectivity index (χ4n) is 1.84. The second kappa shape index (κ2) is 6.20. The molecule has 2 rings (SSSR count). The highest BCUT2D eigenvalue weighted by Gasteiger charge is 2.12. The Balaban J connectivity index is 2.25. The van der Waals surface area contributed by atoms with Crippen LogP contribution in [0.3, 0.4) is 0 Å². The number of hydrogen-bond donors (Lipinski definition) is 2. The molecule has 0 radical (unpaired) electrons. The minimum atomic E-state index is -0.597. The van der Waals surface area contributed by atoms with Crippen LogP contribution < -0.4 is 11.1 Å². The fourth-order valence-corrected chi connectivity index (χ4v) is 2.19. The maximum absolute atomic E-state index is 13.9. The molecule has 0 aliphatic rings. The van der Waals surface area contributed by atoms with Crippen molar-refractivity contribution >= 4 is 40.4 Å². The van der Waals surface area contributed by atoms with Crippen molar-refractivity contribution in [3.8, 4) is 0 Å². The van der Waals surface area contributed by atoms with Gasteiger partial charge in [-0.3, -0.25) is 4.79 Å². The molecule has 3 N–H and O–H groups in total. The number of amides is 1. The zero-order valence-electron chi connectivity index (χ0n) is 11.1. The third kappa shape index (κ3) is 3.56. The third-order valence-corrected chi connectivity index (χ3v) is 3.41. The highest BCUT2D eigenvalue weighted by atomic mass is 35.5. The van der Waals surface area contributed by atoms with Crippen LogP contribution in [0.15, 0.2) is 36.4 Å². The Kier molecular flexibility index (Phi) is 4.55. The number of benzene rings is 2. The Bertz CT molecular complexity index is 734. The van der Waals surface area contributed by atoms with Crippen LogP contribution in [0.25, 0.3) is 0 Å². The molecule has 0 atom stereocenters. The van der Waals surface area contributed by atoms with E-state index in [9.17, 15) is 9.18 Å². The van der Waals surface area contributed by atoms with Gasteiger partial charge in [-0.05, 0) is 48.9 Å². The summed E-state index contributed by atoms with van der Waals surface area (Å²) in [7, 11) is 0. The van der Waals surface area contributed by atoms with Crippen LogP contribution in [0, 0.1) is 12.7 Å². The van der Waals surface area contributed by atoms with Crippen molar-refractivity contribution in [2.45, 2.75) is 6.92 Å². The van der Waals surface area contributed by atoms with Crippen LogP contribution in [0.4, 0.5) is 10.1 Å². The van der Waals surface area contributed by atoms with Crippen LogP contribution in [0.1, 0.15) is 21.5 Å². The topological polar surface area (TPSA) is 55.1 Å². The van der Waals surface area contributed by atoms with E-state index in [1.54, 1.807) is 31.2 Å². The zero-order chi connectivity index (χ0) is 15.6. The lowest BCUT2D eigenvalue weighted by molar-refractivity contribution is 0.102. The highest BCUT2D eigenvalue weighted by molar-refractivity contribution is 7.80.